The van der Waals surface area contributed by atoms with E-state index in [2.05, 4.69) is 58.1 Å². The van der Waals surface area contributed by atoms with Crippen LogP contribution in [-0.4, -0.2) is 19.6 Å². The number of thiophene rings is 1. The van der Waals surface area contributed by atoms with E-state index in [9.17, 15) is 0 Å². The van der Waals surface area contributed by atoms with E-state index in [4.69, 9.17) is 9.40 Å². The SMILES string of the molecule is CCc1nnc(SCc2nc(-c3cccc(C)c3)oc2C)c2cc3sccc3n12. The lowest BCUT2D eigenvalue weighted by Crippen LogP contribution is -2.03. The topological polar surface area (TPSA) is 56.2 Å². The fourth-order valence-corrected chi connectivity index (χ4v) is 5.23. The van der Waals surface area contributed by atoms with Gasteiger partial charge in [-0.15, -0.1) is 21.5 Å². The van der Waals surface area contributed by atoms with Crippen LogP contribution in [0.5, 0.6) is 0 Å². The maximum absolute atomic E-state index is 5.94. The van der Waals surface area contributed by atoms with Crippen molar-refractivity contribution >= 4 is 38.8 Å². The summed E-state index contributed by atoms with van der Waals surface area (Å²) in [7, 11) is 0. The summed E-state index contributed by atoms with van der Waals surface area (Å²) in [5.41, 5.74) is 5.46. The van der Waals surface area contributed by atoms with E-state index in [0.29, 0.717) is 11.6 Å². The number of fused-ring (bicyclic) bond motifs is 3. The molecular weight excluding hydrogens is 400 g/mol. The minimum atomic E-state index is 0.669. The summed E-state index contributed by atoms with van der Waals surface area (Å²) >= 11 is 3.40. The predicted molar refractivity (Wildman–Crippen MR) is 119 cm³/mol. The van der Waals surface area contributed by atoms with E-state index in [1.165, 1.54) is 15.8 Å². The minimum absolute atomic E-state index is 0.669. The first-order valence-electron chi connectivity index (χ1n) is 9.54. The Morgan fingerprint density at radius 2 is 2.00 bits per heavy atom. The van der Waals surface area contributed by atoms with E-state index < -0.39 is 0 Å². The third-order valence-electron chi connectivity index (χ3n) is 4.98. The molecule has 5 aromatic rings. The summed E-state index contributed by atoms with van der Waals surface area (Å²) < 4.78 is 9.43. The molecule has 7 heteroatoms. The number of hydrogen-bond acceptors (Lipinski definition) is 6. The van der Waals surface area contributed by atoms with Gasteiger partial charge in [0.25, 0.3) is 0 Å². The third-order valence-corrected chi connectivity index (χ3v) is 6.81. The van der Waals surface area contributed by atoms with Crippen molar-refractivity contribution in [2.24, 2.45) is 0 Å². The molecule has 5 nitrogen and oxygen atoms in total. The Bertz CT molecular complexity index is 1330. The average Bonchev–Trinajstić information content (AvgIpc) is 3.41. The largest absolute Gasteiger partial charge is 0.441 e. The van der Waals surface area contributed by atoms with Crippen molar-refractivity contribution in [3.05, 3.63) is 64.6 Å². The molecule has 0 aliphatic rings. The van der Waals surface area contributed by atoms with Gasteiger partial charge in [-0.25, -0.2) is 4.98 Å². The Morgan fingerprint density at radius 3 is 2.83 bits per heavy atom. The van der Waals surface area contributed by atoms with Crippen molar-refractivity contribution in [2.45, 2.75) is 38.0 Å². The van der Waals surface area contributed by atoms with Gasteiger partial charge in [-0.3, -0.25) is 4.40 Å². The van der Waals surface area contributed by atoms with Crippen molar-refractivity contribution in [1.82, 2.24) is 19.6 Å². The zero-order valence-corrected chi connectivity index (χ0v) is 18.1. The van der Waals surface area contributed by atoms with Crippen LogP contribution in [0.4, 0.5) is 0 Å². The Morgan fingerprint density at radius 1 is 1.10 bits per heavy atom. The molecule has 0 atom stereocenters. The summed E-state index contributed by atoms with van der Waals surface area (Å²) in [6, 6.07) is 12.6. The summed E-state index contributed by atoms with van der Waals surface area (Å²) in [5, 5.41) is 12.0. The number of aromatic nitrogens is 4. The number of oxazole rings is 1. The second kappa shape index (κ2) is 7.31. The average molecular weight is 421 g/mol. The van der Waals surface area contributed by atoms with Gasteiger partial charge in [0.15, 0.2) is 0 Å². The normalized spacial score (nSPS) is 11.7. The van der Waals surface area contributed by atoms with E-state index in [-0.39, 0.29) is 0 Å². The molecule has 5 rings (SSSR count). The zero-order chi connectivity index (χ0) is 20.0. The molecule has 0 aliphatic heterocycles. The Balaban J connectivity index is 1.47. The first kappa shape index (κ1) is 18.4. The van der Waals surface area contributed by atoms with Gasteiger partial charge in [0.05, 0.1) is 21.4 Å². The van der Waals surface area contributed by atoms with Gasteiger partial charge in [0, 0.05) is 17.7 Å². The Labute approximate surface area is 176 Å². The molecule has 146 valence electrons. The van der Waals surface area contributed by atoms with Crippen molar-refractivity contribution in [3.8, 4) is 11.5 Å². The summed E-state index contributed by atoms with van der Waals surface area (Å²) in [5.74, 6) is 3.19. The lowest BCUT2D eigenvalue weighted by atomic mass is 10.1. The molecule has 0 N–H and O–H groups in total. The van der Waals surface area contributed by atoms with Gasteiger partial charge in [0.2, 0.25) is 5.89 Å². The van der Waals surface area contributed by atoms with Crippen LogP contribution in [0.1, 0.15) is 29.8 Å². The molecule has 0 unspecified atom stereocenters. The van der Waals surface area contributed by atoms with Crippen molar-refractivity contribution in [1.29, 1.82) is 0 Å². The number of benzene rings is 1. The molecule has 4 aromatic heterocycles. The molecule has 0 radical (unpaired) electrons. The van der Waals surface area contributed by atoms with Crippen LogP contribution < -0.4 is 0 Å². The van der Waals surface area contributed by atoms with Gasteiger partial charge >= 0.3 is 0 Å². The summed E-state index contributed by atoms with van der Waals surface area (Å²) in [6.45, 7) is 6.15. The summed E-state index contributed by atoms with van der Waals surface area (Å²) in [6.07, 6.45) is 0.844. The van der Waals surface area contributed by atoms with Crippen molar-refractivity contribution in [2.75, 3.05) is 0 Å². The van der Waals surface area contributed by atoms with Crippen molar-refractivity contribution in [3.63, 3.8) is 0 Å². The highest BCUT2D eigenvalue weighted by Gasteiger charge is 2.16. The van der Waals surface area contributed by atoms with E-state index in [0.717, 1.165) is 39.8 Å². The van der Waals surface area contributed by atoms with Crippen LogP contribution in [0.15, 0.2) is 51.2 Å². The quantitative estimate of drug-likeness (QED) is 0.323. The molecule has 1 aromatic carbocycles. The Hall–Kier alpha value is -2.64. The van der Waals surface area contributed by atoms with Crippen LogP contribution in [0.2, 0.25) is 0 Å². The van der Waals surface area contributed by atoms with Gasteiger partial charge in [0.1, 0.15) is 16.6 Å². The number of hydrogen-bond donors (Lipinski definition) is 0. The predicted octanol–water partition coefficient (Wildman–Crippen LogP) is 6.07. The molecular formula is C22H20N4OS2. The van der Waals surface area contributed by atoms with Gasteiger partial charge < -0.3 is 4.42 Å². The molecule has 0 amide bonds. The smallest absolute Gasteiger partial charge is 0.226 e. The van der Waals surface area contributed by atoms with Crippen LogP contribution in [0.25, 0.3) is 27.2 Å². The van der Waals surface area contributed by atoms with Gasteiger partial charge in [-0.2, -0.15) is 0 Å². The van der Waals surface area contributed by atoms with E-state index in [1.54, 1.807) is 23.1 Å². The second-order valence-corrected chi connectivity index (χ2v) is 8.90. The minimum Gasteiger partial charge on any atom is -0.441 e. The van der Waals surface area contributed by atoms with Gasteiger partial charge in [-0.1, -0.05) is 36.4 Å². The van der Waals surface area contributed by atoms with Crippen LogP contribution in [-0.2, 0) is 12.2 Å². The molecule has 0 fully saturated rings. The van der Waals surface area contributed by atoms with Crippen molar-refractivity contribution < 1.29 is 4.42 Å². The molecule has 4 heterocycles. The number of aryl methyl sites for hydroxylation is 3. The maximum Gasteiger partial charge on any atom is 0.226 e. The fraction of sp³-hybridized carbons (Fsp3) is 0.227. The Kier molecular flexibility index (Phi) is 4.64. The monoisotopic (exact) mass is 420 g/mol. The zero-order valence-electron chi connectivity index (χ0n) is 16.5. The third kappa shape index (κ3) is 3.24. The highest BCUT2D eigenvalue weighted by atomic mass is 32.2. The highest BCUT2D eigenvalue weighted by Crippen LogP contribution is 2.33. The van der Waals surface area contributed by atoms with Crippen LogP contribution in [0, 0.1) is 13.8 Å². The van der Waals surface area contributed by atoms with E-state index in [1.807, 2.05) is 19.1 Å². The second-order valence-electron chi connectivity index (χ2n) is 6.99. The van der Waals surface area contributed by atoms with Crippen LogP contribution in [0.3, 0.4) is 0 Å². The number of rotatable bonds is 5. The maximum atomic E-state index is 5.94. The van der Waals surface area contributed by atoms with E-state index >= 15 is 0 Å². The summed E-state index contributed by atoms with van der Waals surface area (Å²) in [4.78, 5) is 4.74. The van der Waals surface area contributed by atoms with Crippen LogP contribution >= 0.6 is 23.1 Å². The fourth-order valence-electron chi connectivity index (χ4n) is 3.49. The first-order valence-corrected chi connectivity index (χ1v) is 11.4. The molecule has 0 aliphatic carbocycles. The number of thioether (sulfide) groups is 1. The molecule has 29 heavy (non-hydrogen) atoms. The standard InChI is InChI=1S/C22H20N4OS2/c1-4-20-24-25-22(18-11-19-17(26(18)20)8-9-28-19)29-12-16-14(3)27-21(23-16)15-7-5-6-13(2)10-15/h5-11H,4,12H2,1-3H3. The molecule has 0 saturated heterocycles. The molecule has 0 saturated carbocycles. The lowest BCUT2D eigenvalue weighted by Gasteiger charge is -2.06. The lowest BCUT2D eigenvalue weighted by molar-refractivity contribution is 0.540. The molecule has 0 spiro atoms. The number of nitrogens with zero attached hydrogens (tertiary/aromatic N) is 4. The van der Waals surface area contributed by atoms with Gasteiger partial charge in [-0.05, 0) is 43.5 Å². The highest BCUT2D eigenvalue weighted by molar-refractivity contribution is 7.98. The molecule has 0 bridgehead atoms. The first-order chi connectivity index (χ1) is 14.1.